The number of nitrogens with one attached hydrogen (secondary N) is 1. The van der Waals surface area contributed by atoms with E-state index in [4.69, 9.17) is 4.74 Å². The van der Waals surface area contributed by atoms with E-state index in [1.54, 1.807) is 0 Å². The van der Waals surface area contributed by atoms with Gasteiger partial charge in [-0.25, -0.2) is 0 Å². The van der Waals surface area contributed by atoms with Gasteiger partial charge in [0.25, 0.3) is 0 Å². The van der Waals surface area contributed by atoms with Gasteiger partial charge >= 0.3 is 0 Å². The van der Waals surface area contributed by atoms with Crippen molar-refractivity contribution in [3.8, 4) is 16.9 Å². The van der Waals surface area contributed by atoms with Crippen LogP contribution in [0, 0.1) is 0 Å². The van der Waals surface area contributed by atoms with E-state index >= 15 is 0 Å². The van der Waals surface area contributed by atoms with Crippen molar-refractivity contribution in [2.75, 3.05) is 6.54 Å². The number of hydrogen-bond acceptors (Lipinski definition) is 2. The predicted octanol–water partition coefficient (Wildman–Crippen LogP) is 4.39. The molecule has 0 spiro atoms. The van der Waals surface area contributed by atoms with Gasteiger partial charge in [-0.3, -0.25) is 0 Å². The molecule has 1 aliphatic carbocycles. The highest BCUT2D eigenvalue weighted by Gasteiger charge is 2.23. The SMILES string of the molecule is CCCNCc1ccccc1-c1cccc(OC2CC2)c1. The van der Waals surface area contributed by atoms with Gasteiger partial charge < -0.3 is 10.1 Å². The lowest BCUT2D eigenvalue weighted by Crippen LogP contribution is -2.14. The van der Waals surface area contributed by atoms with Crippen LogP contribution in [-0.2, 0) is 6.54 Å². The van der Waals surface area contributed by atoms with Crippen LogP contribution in [0.1, 0.15) is 31.7 Å². The minimum Gasteiger partial charge on any atom is -0.490 e. The zero-order valence-corrected chi connectivity index (χ0v) is 12.6. The van der Waals surface area contributed by atoms with E-state index in [0.29, 0.717) is 6.10 Å². The zero-order chi connectivity index (χ0) is 14.5. The van der Waals surface area contributed by atoms with Crippen LogP contribution in [0.2, 0.25) is 0 Å². The minimum atomic E-state index is 0.446. The van der Waals surface area contributed by atoms with Gasteiger partial charge in [0.1, 0.15) is 5.75 Å². The molecular weight excluding hydrogens is 258 g/mol. The molecule has 110 valence electrons. The van der Waals surface area contributed by atoms with Crippen molar-refractivity contribution >= 4 is 0 Å². The maximum Gasteiger partial charge on any atom is 0.120 e. The van der Waals surface area contributed by atoms with Crippen molar-refractivity contribution in [3.63, 3.8) is 0 Å². The van der Waals surface area contributed by atoms with Crippen LogP contribution in [0.5, 0.6) is 5.75 Å². The molecule has 0 radical (unpaired) electrons. The summed E-state index contributed by atoms with van der Waals surface area (Å²) in [5.41, 5.74) is 3.87. The predicted molar refractivity (Wildman–Crippen MR) is 87.5 cm³/mol. The summed E-state index contributed by atoms with van der Waals surface area (Å²) in [5.74, 6) is 0.992. The maximum atomic E-state index is 5.91. The summed E-state index contributed by atoms with van der Waals surface area (Å²) < 4.78 is 5.91. The molecule has 21 heavy (non-hydrogen) atoms. The third-order valence-corrected chi connectivity index (χ3v) is 3.73. The third-order valence-electron chi connectivity index (χ3n) is 3.73. The second-order valence-corrected chi connectivity index (χ2v) is 5.68. The molecular formula is C19H23NO. The summed E-state index contributed by atoms with van der Waals surface area (Å²) in [4.78, 5) is 0. The van der Waals surface area contributed by atoms with E-state index in [0.717, 1.165) is 25.3 Å². The fraction of sp³-hybridized carbons (Fsp3) is 0.368. The van der Waals surface area contributed by atoms with E-state index in [1.165, 1.54) is 29.5 Å². The van der Waals surface area contributed by atoms with Crippen LogP contribution in [0.15, 0.2) is 48.5 Å². The summed E-state index contributed by atoms with van der Waals surface area (Å²) in [7, 11) is 0. The summed E-state index contributed by atoms with van der Waals surface area (Å²) >= 11 is 0. The molecule has 0 aliphatic heterocycles. The Morgan fingerprint density at radius 3 is 2.76 bits per heavy atom. The number of rotatable bonds is 7. The lowest BCUT2D eigenvalue weighted by molar-refractivity contribution is 0.303. The molecule has 2 heteroatoms. The van der Waals surface area contributed by atoms with Gasteiger partial charge in [0, 0.05) is 6.54 Å². The van der Waals surface area contributed by atoms with E-state index in [-0.39, 0.29) is 0 Å². The van der Waals surface area contributed by atoms with E-state index in [9.17, 15) is 0 Å². The Hall–Kier alpha value is -1.80. The second kappa shape index (κ2) is 6.77. The van der Waals surface area contributed by atoms with Crippen LogP contribution in [0.3, 0.4) is 0 Å². The molecule has 3 rings (SSSR count). The quantitative estimate of drug-likeness (QED) is 0.760. The minimum absolute atomic E-state index is 0.446. The molecule has 1 fully saturated rings. The number of ether oxygens (including phenoxy) is 1. The molecule has 0 unspecified atom stereocenters. The molecule has 0 atom stereocenters. The first-order valence-electron chi connectivity index (χ1n) is 7.92. The van der Waals surface area contributed by atoms with E-state index in [2.05, 4.69) is 60.8 Å². The second-order valence-electron chi connectivity index (χ2n) is 5.68. The Morgan fingerprint density at radius 2 is 1.95 bits per heavy atom. The Morgan fingerprint density at radius 1 is 1.10 bits per heavy atom. The maximum absolute atomic E-state index is 5.91. The van der Waals surface area contributed by atoms with Crippen LogP contribution >= 0.6 is 0 Å². The molecule has 2 aromatic rings. The molecule has 0 aromatic heterocycles. The van der Waals surface area contributed by atoms with E-state index < -0.39 is 0 Å². The first kappa shape index (κ1) is 14.2. The molecule has 0 amide bonds. The topological polar surface area (TPSA) is 21.3 Å². The molecule has 2 nitrogen and oxygen atoms in total. The highest BCUT2D eigenvalue weighted by molar-refractivity contribution is 5.68. The fourth-order valence-corrected chi connectivity index (χ4v) is 2.47. The van der Waals surface area contributed by atoms with Crippen molar-refractivity contribution in [2.24, 2.45) is 0 Å². The Balaban J connectivity index is 1.81. The lowest BCUT2D eigenvalue weighted by Gasteiger charge is -2.12. The average Bonchev–Trinajstić information content (AvgIpc) is 3.32. The Kier molecular flexibility index (Phi) is 4.56. The van der Waals surface area contributed by atoms with Gasteiger partial charge in [-0.15, -0.1) is 0 Å². The summed E-state index contributed by atoms with van der Waals surface area (Å²) in [5, 5.41) is 3.49. The molecule has 1 saturated carbocycles. The molecule has 1 N–H and O–H groups in total. The van der Waals surface area contributed by atoms with Crippen molar-refractivity contribution in [1.29, 1.82) is 0 Å². The smallest absolute Gasteiger partial charge is 0.120 e. The molecule has 2 aromatic carbocycles. The molecule has 1 aliphatic rings. The average molecular weight is 281 g/mol. The van der Waals surface area contributed by atoms with Crippen LogP contribution in [0.25, 0.3) is 11.1 Å². The number of benzene rings is 2. The number of hydrogen-bond donors (Lipinski definition) is 1. The van der Waals surface area contributed by atoms with Crippen molar-refractivity contribution in [2.45, 2.75) is 38.8 Å². The van der Waals surface area contributed by atoms with Crippen molar-refractivity contribution in [3.05, 3.63) is 54.1 Å². The van der Waals surface area contributed by atoms with Gasteiger partial charge in [-0.2, -0.15) is 0 Å². The van der Waals surface area contributed by atoms with E-state index in [1.807, 2.05) is 0 Å². The Bertz CT molecular complexity index is 590. The van der Waals surface area contributed by atoms with Crippen LogP contribution in [0.4, 0.5) is 0 Å². The Labute approximate surface area is 127 Å². The molecule has 0 heterocycles. The normalized spacial score (nSPS) is 14.1. The highest BCUT2D eigenvalue weighted by atomic mass is 16.5. The molecule has 0 bridgehead atoms. The summed E-state index contributed by atoms with van der Waals surface area (Å²) in [6, 6.07) is 17.1. The standard InChI is InChI=1S/C19H23NO/c1-2-12-20-14-16-6-3-4-9-19(16)15-7-5-8-18(13-15)21-17-10-11-17/h3-9,13,17,20H,2,10-12,14H2,1H3. The van der Waals surface area contributed by atoms with Gasteiger partial charge in [0.2, 0.25) is 0 Å². The van der Waals surface area contributed by atoms with Gasteiger partial charge in [0.15, 0.2) is 0 Å². The monoisotopic (exact) mass is 281 g/mol. The van der Waals surface area contributed by atoms with Gasteiger partial charge in [-0.05, 0) is 54.6 Å². The molecule has 0 saturated heterocycles. The summed E-state index contributed by atoms with van der Waals surface area (Å²) in [6.45, 7) is 4.16. The lowest BCUT2D eigenvalue weighted by atomic mass is 9.99. The van der Waals surface area contributed by atoms with Crippen LogP contribution < -0.4 is 10.1 Å². The third kappa shape index (κ3) is 3.85. The summed E-state index contributed by atoms with van der Waals surface area (Å²) in [6.07, 6.45) is 4.00. The fourth-order valence-electron chi connectivity index (χ4n) is 2.47. The largest absolute Gasteiger partial charge is 0.490 e. The highest BCUT2D eigenvalue weighted by Crippen LogP contribution is 2.31. The van der Waals surface area contributed by atoms with Crippen LogP contribution in [-0.4, -0.2) is 12.6 Å². The first-order valence-corrected chi connectivity index (χ1v) is 7.92. The van der Waals surface area contributed by atoms with Gasteiger partial charge in [-0.1, -0.05) is 43.3 Å². The zero-order valence-electron chi connectivity index (χ0n) is 12.6. The van der Waals surface area contributed by atoms with Crippen molar-refractivity contribution in [1.82, 2.24) is 5.32 Å². The first-order chi connectivity index (χ1) is 10.4. The van der Waals surface area contributed by atoms with Gasteiger partial charge in [0.05, 0.1) is 6.10 Å². The van der Waals surface area contributed by atoms with Crippen molar-refractivity contribution < 1.29 is 4.74 Å².